The van der Waals surface area contributed by atoms with E-state index < -0.39 is 24.6 Å². The van der Waals surface area contributed by atoms with E-state index in [1.54, 1.807) is 7.05 Å². The molecular weight excluding hydrogens is 223 g/mol. The van der Waals surface area contributed by atoms with E-state index in [2.05, 4.69) is 0 Å². The molecular formula is C10H16F3NO2. The summed E-state index contributed by atoms with van der Waals surface area (Å²) in [6.45, 7) is -0.455. The van der Waals surface area contributed by atoms with Gasteiger partial charge in [-0.15, -0.1) is 0 Å². The lowest BCUT2D eigenvalue weighted by Gasteiger charge is -2.27. The Morgan fingerprint density at radius 1 is 1.44 bits per heavy atom. The lowest BCUT2D eigenvalue weighted by Crippen LogP contribution is -2.42. The normalized spacial score (nSPS) is 20.3. The van der Waals surface area contributed by atoms with Crippen LogP contribution in [0.3, 0.4) is 0 Å². The number of hydrogen-bond acceptors (Lipinski definition) is 2. The van der Waals surface area contributed by atoms with Gasteiger partial charge in [0, 0.05) is 12.6 Å². The Morgan fingerprint density at radius 2 is 1.94 bits per heavy atom. The van der Waals surface area contributed by atoms with Crippen LogP contribution in [-0.4, -0.2) is 41.8 Å². The van der Waals surface area contributed by atoms with Gasteiger partial charge in [0.1, 0.15) is 0 Å². The van der Waals surface area contributed by atoms with Gasteiger partial charge in [-0.3, -0.25) is 4.79 Å². The van der Waals surface area contributed by atoms with Gasteiger partial charge in [-0.2, -0.15) is 13.2 Å². The molecule has 16 heavy (non-hydrogen) atoms. The van der Waals surface area contributed by atoms with Crippen LogP contribution in [0.5, 0.6) is 0 Å². The number of aliphatic carboxylic acids is 1. The standard InChI is InChI=1S/C10H16F3NO2/c1-14(7-4-2-3-5-7)6-8(9(15)16)10(11,12)13/h7-8H,2-6H2,1H3,(H,15,16). The van der Waals surface area contributed by atoms with Crippen molar-refractivity contribution in [1.29, 1.82) is 0 Å². The fourth-order valence-electron chi connectivity index (χ4n) is 2.10. The van der Waals surface area contributed by atoms with Gasteiger partial charge in [-0.05, 0) is 19.9 Å². The summed E-state index contributed by atoms with van der Waals surface area (Å²) in [5.74, 6) is -4.07. The maximum atomic E-state index is 12.4. The first kappa shape index (κ1) is 13.3. The minimum atomic E-state index is -4.67. The van der Waals surface area contributed by atoms with Gasteiger partial charge in [0.2, 0.25) is 0 Å². The lowest BCUT2D eigenvalue weighted by atomic mass is 10.1. The average molecular weight is 239 g/mol. The number of nitrogens with zero attached hydrogens (tertiary/aromatic N) is 1. The van der Waals surface area contributed by atoms with Gasteiger partial charge >= 0.3 is 12.1 Å². The number of halogens is 3. The van der Waals surface area contributed by atoms with E-state index >= 15 is 0 Å². The summed E-state index contributed by atoms with van der Waals surface area (Å²) in [4.78, 5) is 12.1. The first-order chi connectivity index (χ1) is 7.32. The molecule has 0 aromatic rings. The van der Waals surface area contributed by atoms with E-state index in [4.69, 9.17) is 5.11 Å². The fourth-order valence-corrected chi connectivity index (χ4v) is 2.10. The highest BCUT2D eigenvalue weighted by atomic mass is 19.4. The third kappa shape index (κ3) is 3.37. The Hall–Kier alpha value is -0.780. The van der Waals surface area contributed by atoms with Gasteiger partial charge in [0.05, 0.1) is 0 Å². The van der Waals surface area contributed by atoms with Crippen molar-refractivity contribution < 1.29 is 23.1 Å². The first-order valence-electron chi connectivity index (χ1n) is 5.32. The Bertz CT molecular complexity index is 249. The molecule has 1 rings (SSSR count). The number of carbonyl (C=O) groups is 1. The molecule has 1 N–H and O–H groups in total. The number of alkyl halides is 3. The fraction of sp³-hybridized carbons (Fsp3) is 0.900. The Morgan fingerprint density at radius 3 is 2.31 bits per heavy atom. The molecule has 1 fully saturated rings. The number of rotatable bonds is 4. The van der Waals surface area contributed by atoms with E-state index in [1.807, 2.05) is 0 Å². The van der Waals surface area contributed by atoms with E-state index in [-0.39, 0.29) is 6.04 Å². The molecule has 1 atom stereocenters. The summed E-state index contributed by atoms with van der Waals surface area (Å²) < 4.78 is 37.2. The molecule has 0 spiro atoms. The van der Waals surface area contributed by atoms with Crippen molar-refractivity contribution in [1.82, 2.24) is 4.90 Å². The number of carboxylic acid groups (broad SMARTS) is 1. The molecule has 0 heterocycles. The van der Waals surface area contributed by atoms with Crippen LogP contribution in [0, 0.1) is 5.92 Å². The molecule has 1 aliphatic rings. The largest absolute Gasteiger partial charge is 0.481 e. The molecule has 0 aliphatic heterocycles. The topological polar surface area (TPSA) is 40.5 Å². The maximum Gasteiger partial charge on any atom is 0.403 e. The van der Waals surface area contributed by atoms with Crippen LogP contribution in [-0.2, 0) is 4.79 Å². The van der Waals surface area contributed by atoms with Crippen molar-refractivity contribution in [3.05, 3.63) is 0 Å². The molecule has 1 aliphatic carbocycles. The zero-order valence-corrected chi connectivity index (χ0v) is 9.13. The predicted molar refractivity (Wildman–Crippen MR) is 52.1 cm³/mol. The monoisotopic (exact) mass is 239 g/mol. The van der Waals surface area contributed by atoms with Crippen molar-refractivity contribution in [2.75, 3.05) is 13.6 Å². The third-order valence-electron chi connectivity index (χ3n) is 3.11. The molecule has 94 valence electrons. The van der Waals surface area contributed by atoms with Crippen LogP contribution >= 0.6 is 0 Å². The van der Waals surface area contributed by atoms with Gasteiger partial charge in [0.15, 0.2) is 5.92 Å². The minimum absolute atomic E-state index is 0.101. The SMILES string of the molecule is CN(CC(C(=O)O)C(F)(F)F)C1CCCC1. The molecule has 0 saturated heterocycles. The summed E-state index contributed by atoms with van der Waals surface area (Å²) in [5, 5.41) is 8.55. The summed E-state index contributed by atoms with van der Waals surface area (Å²) in [6.07, 6.45) is -0.919. The second-order valence-electron chi connectivity index (χ2n) is 4.31. The van der Waals surface area contributed by atoms with E-state index in [0.29, 0.717) is 0 Å². The van der Waals surface area contributed by atoms with Crippen molar-refractivity contribution in [2.45, 2.75) is 37.9 Å². The molecule has 0 aromatic heterocycles. The summed E-state index contributed by atoms with van der Waals surface area (Å²) in [6, 6.07) is 0.101. The molecule has 0 bridgehead atoms. The van der Waals surface area contributed by atoms with Crippen LogP contribution in [0.2, 0.25) is 0 Å². The highest BCUT2D eigenvalue weighted by Crippen LogP contribution is 2.29. The summed E-state index contributed by atoms with van der Waals surface area (Å²) in [7, 11) is 1.57. The van der Waals surface area contributed by atoms with Gasteiger partial charge in [-0.1, -0.05) is 12.8 Å². The van der Waals surface area contributed by atoms with Crippen LogP contribution in [0.1, 0.15) is 25.7 Å². The Labute approximate surface area is 92.2 Å². The van der Waals surface area contributed by atoms with Crippen LogP contribution in [0.25, 0.3) is 0 Å². The van der Waals surface area contributed by atoms with E-state index in [0.717, 1.165) is 25.7 Å². The van der Waals surface area contributed by atoms with Crippen LogP contribution in [0.15, 0.2) is 0 Å². The van der Waals surface area contributed by atoms with Gasteiger partial charge < -0.3 is 10.0 Å². The number of carboxylic acids is 1. The van der Waals surface area contributed by atoms with Gasteiger partial charge in [-0.25, -0.2) is 0 Å². The summed E-state index contributed by atoms with van der Waals surface area (Å²) >= 11 is 0. The molecule has 0 aromatic carbocycles. The number of hydrogen-bond donors (Lipinski definition) is 1. The minimum Gasteiger partial charge on any atom is -0.481 e. The summed E-state index contributed by atoms with van der Waals surface area (Å²) in [5.41, 5.74) is 0. The predicted octanol–water partition coefficient (Wildman–Crippen LogP) is 2.12. The van der Waals surface area contributed by atoms with Crippen molar-refractivity contribution >= 4 is 5.97 Å². The molecule has 0 amide bonds. The van der Waals surface area contributed by atoms with Crippen LogP contribution in [0.4, 0.5) is 13.2 Å². The maximum absolute atomic E-state index is 12.4. The zero-order valence-electron chi connectivity index (χ0n) is 9.13. The molecule has 6 heteroatoms. The molecule has 1 unspecified atom stereocenters. The van der Waals surface area contributed by atoms with E-state index in [1.165, 1.54) is 4.90 Å². The average Bonchev–Trinajstić information content (AvgIpc) is 2.63. The lowest BCUT2D eigenvalue weighted by molar-refractivity contribution is -0.196. The van der Waals surface area contributed by atoms with Crippen molar-refractivity contribution in [3.63, 3.8) is 0 Å². The van der Waals surface area contributed by atoms with Crippen molar-refractivity contribution in [3.8, 4) is 0 Å². The molecule has 3 nitrogen and oxygen atoms in total. The third-order valence-corrected chi connectivity index (χ3v) is 3.11. The Kier molecular flexibility index (Phi) is 4.18. The second-order valence-corrected chi connectivity index (χ2v) is 4.31. The van der Waals surface area contributed by atoms with Gasteiger partial charge in [0.25, 0.3) is 0 Å². The van der Waals surface area contributed by atoms with Crippen LogP contribution < -0.4 is 0 Å². The first-order valence-corrected chi connectivity index (χ1v) is 5.32. The highest BCUT2D eigenvalue weighted by molar-refractivity contribution is 5.71. The quantitative estimate of drug-likeness (QED) is 0.817. The highest BCUT2D eigenvalue weighted by Gasteiger charge is 2.46. The second kappa shape index (κ2) is 5.03. The zero-order chi connectivity index (χ0) is 12.3. The Balaban J connectivity index is 2.57. The van der Waals surface area contributed by atoms with Crippen molar-refractivity contribution in [2.24, 2.45) is 5.92 Å². The van der Waals surface area contributed by atoms with E-state index in [9.17, 15) is 18.0 Å². The molecule has 1 saturated carbocycles. The smallest absolute Gasteiger partial charge is 0.403 e. The molecule has 0 radical (unpaired) electrons.